The number of rotatable bonds is 8. The summed E-state index contributed by atoms with van der Waals surface area (Å²) in [6.45, 7) is 6.78. The fraction of sp³-hybridized carbons (Fsp3) is 0.786. The molecule has 1 aromatic rings. The van der Waals surface area contributed by atoms with Crippen LogP contribution in [0.25, 0.3) is 0 Å². The first kappa shape index (κ1) is 16.7. The van der Waals surface area contributed by atoms with Crippen molar-refractivity contribution in [1.29, 1.82) is 0 Å². The van der Waals surface area contributed by atoms with E-state index in [1.807, 2.05) is 18.7 Å². The Morgan fingerprint density at radius 1 is 1.37 bits per heavy atom. The number of hydrogen-bond donors (Lipinski definition) is 1. The Kier molecular flexibility index (Phi) is 7.04. The number of hydrogen-bond acceptors (Lipinski definition) is 3. The van der Waals surface area contributed by atoms with E-state index in [-0.39, 0.29) is 6.10 Å². The van der Waals surface area contributed by atoms with Gasteiger partial charge in [-0.15, -0.1) is 0 Å². The molecule has 0 spiro atoms. The van der Waals surface area contributed by atoms with Crippen LogP contribution < -0.4 is 0 Å². The Morgan fingerprint density at radius 3 is 2.53 bits per heavy atom. The van der Waals surface area contributed by atoms with E-state index in [1.165, 1.54) is 0 Å². The lowest BCUT2D eigenvalue weighted by molar-refractivity contribution is -0.0370. The van der Waals surface area contributed by atoms with E-state index in [0.29, 0.717) is 13.0 Å². The molecule has 19 heavy (non-hydrogen) atoms. The smallest absolute Gasteiger partial charge is 0.0857 e. The van der Waals surface area contributed by atoms with Gasteiger partial charge in [0.1, 0.15) is 0 Å². The highest BCUT2D eigenvalue weighted by molar-refractivity contribution is 9.10. The van der Waals surface area contributed by atoms with Gasteiger partial charge in [0, 0.05) is 20.1 Å². The fourth-order valence-electron chi connectivity index (χ4n) is 2.26. The van der Waals surface area contributed by atoms with Gasteiger partial charge in [-0.25, -0.2) is 0 Å². The molecule has 1 aromatic heterocycles. The maximum atomic E-state index is 10.4. The second-order valence-corrected chi connectivity index (χ2v) is 5.53. The first-order valence-electron chi connectivity index (χ1n) is 7.04. The predicted molar refractivity (Wildman–Crippen MR) is 80.3 cm³/mol. The van der Waals surface area contributed by atoms with Crippen LogP contribution in [0.2, 0.25) is 0 Å². The summed E-state index contributed by atoms with van der Waals surface area (Å²) in [4.78, 5) is 0. The van der Waals surface area contributed by atoms with Crippen molar-refractivity contribution in [2.45, 2.75) is 58.7 Å². The van der Waals surface area contributed by atoms with Crippen LogP contribution in [0.4, 0.5) is 0 Å². The molecule has 2 unspecified atom stereocenters. The summed E-state index contributed by atoms with van der Waals surface area (Å²) in [6.07, 6.45) is 2.75. The molecule has 4 nitrogen and oxygen atoms in total. The number of aliphatic hydroxyl groups excluding tert-OH is 1. The Hall–Kier alpha value is -0.390. The van der Waals surface area contributed by atoms with E-state index >= 15 is 0 Å². The minimum atomic E-state index is -0.490. The number of nitrogens with zero attached hydrogens (tertiary/aromatic N) is 2. The SMILES string of the molecule is CCCC(OCC)C(O)Cc1c(Br)c(CC)nn1C. The molecule has 0 aliphatic rings. The molecule has 2 atom stereocenters. The number of halogens is 1. The molecule has 1 rings (SSSR count). The molecule has 5 heteroatoms. The maximum absolute atomic E-state index is 10.4. The second-order valence-electron chi connectivity index (χ2n) is 4.74. The monoisotopic (exact) mass is 332 g/mol. The molecule has 0 aliphatic carbocycles. The van der Waals surface area contributed by atoms with Gasteiger partial charge in [0.25, 0.3) is 0 Å². The van der Waals surface area contributed by atoms with Crippen LogP contribution >= 0.6 is 15.9 Å². The number of ether oxygens (including phenoxy) is 1. The first-order valence-corrected chi connectivity index (χ1v) is 7.84. The van der Waals surface area contributed by atoms with Crippen LogP contribution in [0.3, 0.4) is 0 Å². The lowest BCUT2D eigenvalue weighted by Crippen LogP contribution is -2.31. The zero-order chi connectivity index (χ0) is 14.4. The molecular weight excluding hydrogens is 308 g/mol. The molecule has 1 heterocycles. The van der Waals surface area contributed by atoms with Crippen molar-refractivity contribution in [1.82, 2.24) is 9.78 Å². The summed E-state index contributed by atoms with van der Waals surface area (Å²) in [6, 6.07) is 0. The Labute approximate surface area is 124 Å². The predicted octanol–water partition coefficient (Wildman–Crippen LogP) is 2.85. The third kappa shape index (κ3) is 4.29. The van der Waals surface area contributed by atoms with Gasteiger partial charge in [-0.3, -0.25) is 4.68 Å². The molecule has 1 N–H and O–H groups in total. The molecule has 110 valence electrons. The van der Waals surface area contributed by atoms with Gasteiger partial charge < -0.3 is 9.84 Å². The fourth-order valence-corrected chi connectivity index (χ4v) is 3.03. The summed E-state index contributed by atoms with van der Waals surface area (Å²) in [5, 5.41) is 14.8. The van der Waals surface area contributed by atoms with E-state index in [0.717, 1.165) is 35.1 Å². The molecule has 0 saturated heterocycles. The Bertz CT molecular complexity index is 387. The summed E-state index contributed by atoms with van der Waals surface area (Å²) in [7, 11) is 1.92. The maximum Gasteiger partial charge on any atom is 0.0857 e. The van der Waals surface area contributed by atoms with Gasteiger partial charge in [0.15, 0.2) is 0 Å². The highest BCUT2D eigenvalue weighted by Gasteiger charge is 2.23. The highest BCUT2D eigenvalue weighted by Crippen LogP contribution is 2.24. The lowest BCUT2D eigenvalue weighted by atomic mass is 10.0. The van der Waals surface area contributed by atoms with Crippen molar-refractivity contribution in [3.8, 4) is 0 Å². The number of aromatic nitrogens is 2. The topological polar surface area (TPSA) is 47.3 Å². The van der Waals surface area contributed by atoms with Crippen LogP contribution in [0.15, 0.2) is 4.47 Å². The summed E-state index contributed by atoms with van der Waals surface area (Å²) in [5.41, 5.74) is 2.07. The van der Waals surface area contributed by atoms with Crippen molar-refractivity contribution >= 4 is 15.9 Å². The van der Waals surface area contributed by atoms with E-state index in [4.69, 9.17) is 4.74 Å². The molecule has 0 saturated carbocycles. The largest absolute Gasteiger partial charge is 0.390 e. The normalized spacial score (nSPS) is 14.6. The van der Waals surface area contributed by atoms with E-state index < -0.39 is 6.10 Å². The van der Waals surface area contributed by atoms with Crippen molar-refractivity contribution < 1.29 is 9.84 Å². The molecule has 0 aliphatic heterocycles. The lowest BCUT2D eigenvalue weighted by Gasteiger charge is -2.22. The highest BCUT2D eigenvalue weighted by atomic mass is 79.9. The van der Waals surface area contributed by atoms with E-state index in [9.17, 15) is 5.11 Å². The average molecular weight is 333 g/mol. The molecule has 0 bridgehead atoms. The van der Waals surface area contributed by atoms with Crippen molar-refractivity contribution in [3.63, 3.8) is 0 Å². The van der Waals surface area contributed by atoms with Crippen molar-refractivity contribution in [2.75, 3.05) is 6.61 Å². The zero-order valence-electron chi connectivity index (χ0n) is 12.3. The first-order chi connectivity index (χ1) is 9.04. The van der Waals surface area contributed by atoms with Crippen LogP contribution in [-0.2, 0) is 24.6 Å². The summed E-state index contributed by atoms with van der Waals surface area (Å²) in [5.74, 6) is 0. The van der Waals surface area contributed by atoms with Gasteiger partial charge in [-0.2, -0.15) is 5.10 Å². The average Bonchev–Trinajstić information content (AvgIpc) is 2.65. The standard InChI is InChI=1S/C14H25BrN2O2/c1-5-8-13(19-7-3)12(18)9-11-14(15)10(6-2)16-17(11)4/h12-13,18H,5-9H2,1-4H3. The van der Waals surface area contributed by atoms with Gasteiger partial charge >= 0.3 is 0 Å². The third-order valence-electron chi connectivity index (χ3n) is 3.29. The van der Waals surface area contributed by atoms with Crippen LogP contribution in [0.1, 0.15) is 45.0 Å². The van der Waals surface area contributed by atoms with Crippen LogP contribution in [0.5, 0.6) is 0 Å². The summed E-state index contributed by atoms with van der Waals surface area (Å²) >= 11 is 3.58. The van der Waals surface area contributed by atoms with Crippen molar-refractivity contribution in [3.05, 3.63) is 15.9 Å². The molecule has 0 radical (unpaired) electrons. The van der Waals surface area contributed by atoms with Crippen LogP contribution in [0, 0.1) is 0 Å². The van der Waals surface area contributed by atoms with Crippen LogP contribution in [-0.4, -0.2) is 33.7 Å². The Morgan fingerprint density at radius 2 is 2.05 bits per heavy atom. The van der Waals surface area contributed by atoms with Crippen molar-refractivity contribution in [2.24, 2.45) is 7.05 Å². The van der Waals surface area contributed by atoms with Gasteiger partial charge in [-0.05, 0) is 35.7 Å². The number of aliphatic hydroxyl groups is 1. The molecular formula is C14H25BrN2O2. The number of aryl methyl sites for hydroxylation is 2. The molecule has 0 amide bonds. The second kappa shape index (κ2) is 8.02. The van der Waals surface area contributed by atoms with Gasteiger partial charge in [-0.1, -0.05) is 20.3 Å². The minimum Gasteiger partial charge on any atom is -0.390 e. The third-order valence-corrected chi connectivity index (χ3v) is 4.20. The molecule has 0 fully saturated rings. The summed E-state index contributed by atoms with van der Waals surface area (Å²) < 4.78 is 8.50. The van der Waals surface area contributed by atoms with E-state index in [2.05, 4.69) is 34.9 Å². The minimum absolute atomic E-state index is 0.0955. The van der Waals surface area contributed by atoms with Gasteiger partial charge in [0.2, 0.25) is 0 Å². The van der Waals surface area contributed by atoms with Gasteiger partial charge in [0.05, 0.1) is 28.1 Å². The zero-order valence-corrected chi connectivity index (χ0v) is 13.9. The Balaban J connectivity index is 2.79. The quantitative estimate of drug-likeness (QED) is 0.796. The molecule has 0 aromatic carbocycles. The van der Waals surface area contributed by atoms with E-state index in [1.54, 1.807) is 0 Å².